The molecular formula is C24H36ClN3O5. The second kappa shape index (κ2) is 12.3. The van der Waals surface area contributed by atoms with Crippen molar-refractivity contribution in [3.8, 4) is 17.2 Å². The molecule has 2 aliphatic rings. The number of hydrogen-bond donors (Lipinski definition) is 1. The number of benzene rings is 1. The van der Waals surface area contributed by atoms with Crippen molar-refractivity contribution in [1.82, 2.24) is 15.1 Å². The maximum absolute atomic E-state index is 13.6. The number of amides is 2. The Balaban J connectivity index is 1.82. The van der Waals surface area contributed by atoms with Crippen LogP contribution in [0.4, 0.5) is 0 Å². The fourth-order valence-electron chi connectivity index (χ4n) is 4.81. The number of halogens is 1. The molecule has 1 unspecified atom stereocenters. The minimum Gasteiger partial charge on any atom is -0.492 e. The van der Waals surface area contributed by atoms with Gasteiger partial charge in [0.1, 0.15) is 0 Å². The van der Waals surface area contributed by atoms with E-state index < -0.39 is 0 Å². The lowest BCUT2D eigenvalue weighted by molar-refractivity contribution is -0.122. The highest BCUT2D eigenvalue weighted by atomic mass is 35.5. The van der Waals surface area contributed by atoms with E-state index in [0.717, 1.165) is 45.2 Å². The highest BCUT2D eigenvalue weighted by Crippen LogP contribution is 2.45. The van der Waals surface area contributed by atoms with E-state index >= 15 is 0 Å². The Morgan fingerprint density at radius 1 is 0.939 bits per heavy atom. The van der Waals surface area contributed by atoms with Crippen LogP contribution in [0.5, 0.6) is 17.2 Å². The van der Waals surface area contributed by atoms with Crippen LogP contribution < -0.4 is 19.5 Å². The maximum Gasteiger partial charge on any atom is 0.257 e. The number of nitrogens with one attached hydrogen (secondary N) is 1. The molecule has 2 amide bonds. The van der Waals surface area contributed by atoms with E-state index in [9.17, 15) is 9.59 Å². The Hall–Kier alpha value is -2.19. The minimum absolute atomic E-state index is 0.129. The summed E-state index contributed by atoms with van der Waals surface area (Å²) in [5, 5.41) is 3.34. The van der Waals surface area contributed by atoms with Gasteiger partial charge in [0.25, 0.3) is 5.91 Å². The molecule has 2 saturated heterocycles. The lowest BCUT2D eigenvalue weighted by atomic mass is 9.98. The SMILES string of the molecule is COc1c(Cl)cc(C(=O)N2CCCCNC(=O)CC3CCCCN3CCC2)c(OC)c1OC. The molecule has 0 aromatic heterocycles. The molecule has 0 aliphatic carbocycles. The summed E-state index contributed by atoms with van der Waals surface area (Å²) < 4.78 is 16.4. The van der Waals surface area contributed by atoms with Crippen molar-refractivity contribution in [1.29, 1.82) is 0 Å². The highest BCUT2D eigenvalue weighted by molar-refractivity contribution is 6.33. The normalized spacial score (nSPS) is 21.0. The van der Waals surface area contributed by atoms with Gasteiger partial charge in [0, 0.05) is 38.6 Å². The Bertz CT molecular complexity index is 835. The Kier molecular flexibility index (Phi) is 9.50. The summed E-state index contributed by atoms with van der Waals surface area (Å²) in [6.07, 6.45) is 6.38. The standard InChI is InChI=1S/C24H36ClN3O5/c1-31-21-18(16-19(25)22(32-2)23(21)33-3)24(30)28-12-7-5-10-26-20(29)15-17-9-4-6-11-27(17)13-8-14-28/h16-17H,4-15H2,1-3H3,(H,26,29). The largest absolute Gasteiger partial charge is 0.492 e. The first-order chi connectivity index (χ1) is 16.0. The van der Waals surface area contributed by atoms with E-state index in [-0.39, 0.29) is 17.9 Å². The van der Waals surface area contributed by atoms with E-state index in [0.29, 0.717) is 53.9 Å². The predicted molar refractivity (Wildman–Crippen MR) is 128 cm³/mol. The van der Waals surface area contributed by atoms with Crippen molar-refractivity contribution in [2.45, 2.75) is 51.0 Å². The number of hydrogen-bond acceptors (Lipinski definition) is 6. The first-order valence-corrected chi connectivity index (χ1v) is 12.2. The number of nitrogens with zero attached hydrogens (tertiary/aromatic N) is 2. The van der Waals surface area contributed by atoms with Gasteiger partial charge < -0.3 is 24.4 Å². The van der Waals surface area contributed by atoms with Gasteiger partial charge in [-0.05, 0) is 44.7 Å². The molecule has 1 aromatic carbocycles. The number of piperidine rings is 1. The number of rotatable bonds is 4. The molecule has 3 rings (SSSR count). The van der Waals surface area contributed by atoms with Crippen LogP contribution >= 0.6 is 11.6 Å². The average molecular weight is 482 g/mol. The van der Waals surface area contributed by atoms with Gasteiger partial charge in [-0.25, -0.2) is 0 Å². The molecule has 8 nitrogen and oxygen atoms in total. The zero-order valence-electron chi connectivity index (χ0n) is 20.0. The van der Waals surface area contributed by atoms with Gasteiger partial charge in [-0.15, -0.1) is 0 Å². The number of fused-ring (bicyclic) bond motifs is 1. The highest BCUT2D eigenvalue weighted by Gasteiger charge is 2.28. The number of carbonyl (C=O) groups is 2. The molecule has 1 atom stereocenters. The van der Waals surface area contributed by atoms with Gasteiger partial charge in [0.15, 0.2) is 11.5 Å². The van der Waals surface area contributed by atoms with Gasteiger partial charge in [0.2, 0.25) is 11.7 Å². The predicted octanol–water partition coefficient (Wildman–Crippen LogP) is 3.35. The molecule has 1 N–H and O–H groups in total. The van der Waals surface area contributed by atoms with E-state index in [1.165, 1.54) is 27.8 Å². The first kappa shape index (κ1) is 25.4. The third kappa shape index (κ3) is 6.23. The van der Waals surface area contributed by atoms with Crippen molar-refractivity contribution >= 4 is 23.4 Å². The van der Waals surface area contributed by atoms with Gasteiger partial charge in [-0.3, -0.25) is 14.5 Å². The number of carbonyl (C=O) groups excluding carboxylic acids is 2. The van der Waals surface area contributed by atoms with E-state index in [2.05, 4.69) is 10.2 Å². The van der Waals surface area contributed by atoms with Crippen LogP contribution in [0, 0.1) is 0 Å². The molecule has 0 spiro atoms. The smallest absolute Gasteiger partial charge is 0.257 e. The van der Waals surface area contributed by atoms with E-state index in [1.54, 1.807) is 6.07 Å². The second-order valence-electron chi connectivity index (χ2n) is 8.60. The van der Waals surface area contributed by atoms with Crippen LogP contribution in [-0.2, 0) is 4.79 Å². The lowest BCUT2D eigenvalue weighted by Gasteiger charge is -2.36. The van der Waals surface area contributed by atoms with Crippen LogP contribution in [0.2, 0.25) is 5.02 Å². The van der Waals surface area contributed by atoms with Crippen molar-refractivity contribution in [2.75, 3.05) is 54.1 Å². The van der Waals surface area contributed by atoms with Crippen LogP contribution in [0.1, 0.15) is 55.3 Å². The fraction of sp³-hybridized carbons (Fsp3) is 0.667. The van der Waals surface area contributed by atoms with Crippen LogP contribution in [-0.4, -0.2) is 81.7 Å². The third-order valence-corrected chi connectivity index (χ3v) is 6.78. The summed E-state index contributed by atoms with van der Waals surface area (Å²) in [4.78, 5) is 30.3. The maximum atomic E-state index is 13.6. The number of ether oxygens (including phenoxy) is 3. The summed E-state index contributed by atoms with van der Waals surface area (Å²) >= 11 is 6.40. The molecule has 2 aliphatic heterocycles. The van der Waals surface area contributed by atoms with Gasteiger partial charge in [-0.2, -0.15) is 0 Å². The van der Waals surface area contributed by atoms with Crippen LogP contribution in [0.15, 0.2) is 6.07 Å². The Labute approximate surface area is 201 Å². The van der Waals surface area contributed by atoms with Crippen molar-refractivity contribution in [3.05, 3.63) is 16.7 Å². The van der Waals surface area contributed by atoms with Crippen LogP contribution in [0.3, 0.4) is 0 Å². The van der Waals surface area contributed by atoms with Crippen molar-refractivity contribution < 1.29 is 23.8 Å². The third-order valence-electron chi connectivity index (χ3n) is 6.50. The molecule has 2 heterocycles. The minimum atomic E-state index is -0.149. The molecule has 2 fully saturated rings. The molecule has 0 radical (unpaired) electrons. The fourth-order valence-corrected chi connectivity index (χ4v) is 5.08. The summed E-state index contributed by atoms with van der Waals surface area (Å²) in [5.74, 6) is 0.938. The molecule has 9 heteroatoms. The molecule has 0 bridgehead atoms. The van der Waals surface area contributed by atoms with Crippen LogP contribution in [0.25, 0.3) is 0 Å². The van der Waals surface area contributed by atoms with Crippen molar-refractivity contribution in [3.63, 3.8) is 0 Å². The molecule has 0 saturated carbocycles. The topological polar surface area (TPSA) is 80.3 Å². The monoisotopic (exact) mass is 481 g/mol. The Morgan fingerprint density at radius 3 is 2.33 bits per heavy atom. The van der Waals surface area contributed by atoms with E-state index in [4.69, 9.17) is 25.8 Å². The second-order valence-corrected chi connectivity index (χ2v) is 9.01. The first-order valence-electron chi connectivity index (χ1n) is 11.8. The summed E-state index contributed by atoms with van der Waals surface area (Å²) in [6, 6.07) is 1.87. The van der Waals surface area contributed by atoms with E-state index in [1.807, 2.05) is 4.90 Å². The summed E-state index contributed by atoms with van der Waals surface area (Å²) in [6.45, 7) is 3.71. The summed E-state index contributed by atoms with van der Waals surface area (Å²) in [7, 11) is 4.49. The molecule has 1 aromatic rings. The van der Waals surface area contributed by atoms with Gasteiger partial charge >= 0.3 is 0 Å². The van der Waals surface area contributed by atoms with Gasteiger partial charge in [-0.1, -0.05) is 18.0 Å². The number of methoxy groups -OCH3 is 3. The molecular weight excluding hydrogens is 446 g/mol. The summed E-state index contributed by atoms with van der Waals surface area (Å²) in [5.41, 5.74) is 0.355. The van der Waals surface area contributed by atoms with Crippen molar-refractivity contribution in [2.24, 2.45) is 0 Å². The molecule has 184 valence electrons. The zero-order chi connectivity index (χ0) is 23.8. The average Bonchev–Trinajstić information content (AvgIpc) is 2.83. The zero-order valence-corrected chi connectivity index (χ0v) is 20.7. The van der Waals surface area contributed by atoms with Gasteiger partial charge in [0.05, 0.1) is 31.9 Å². The quantitative estimate of drug-likeness (QED) is 0.710. The lowest BCUT2D eigenvalue weighted by Crippen LogP contribution is -2.44. The molecule has 33 heavy (non-hydrogen) atoms. The Morgan fingerprint density at radius 2 is 1.61 bits per heavy atom.